The van der Waals surface area contributed by atoms with Crippen LogP contribution in [-0.4, -0.2) is 16.2 Å². The van der Waals surface area contributed by atoms with Crippen molar-refractivity contribution in [2.24, 2.45) is 5.41 Å². The van der Waals surface area contributed by atoms with Crippen molar-refractivity contribution >= 4 is 16.9 Å². The van der Waals surface area contributed by atoms with E-state index in [1.54, 1.807) is 20.0 Å². The molecule has 4 heteroatoms. The SMILES string of the molecule is CC(C)(Cc1ccc2cnoc2c1)C(=O)O. The summed E-state index contributed by atoms with van der Waals surface area (Å²) in [6, 6.07) is 5.64. The zero-order valence-corrected chi connectivity index (χ0v) is 9.23. The van der Waals surface area contributed by atoms with Gasteiger partial charge in [0.15, 0.2) is 5.58 Å². The first-order valence-corrected chi connectivity index (χ1v) is 5.06. The van der Waals surface area contributed by atoms with Gasteiger partial charge in [-0.15, -0.1) is 0 Å². The first kappa shape index (κ1) is 10.7. The van der Waals surface area contributed by atoms with Crippen molar-refractivity contribution in [2.45, 2.75) is 20.3 Å². The summed E-state index contributed by atoms with van der Waals surface area (Å²) in [5.41, 5.74) is 0.864. The van der Waals surface area contributed by atoms with Gasteiger partial charge >= 0.3 is 5.97 Å². The van der Waals surface area contributed by atoms with Gasteiger partial charge in [0, 0.05) is 5.39 Å². The van der Waals surface area contributed by atoms with E-state index in [1.807, 2.05) is 18.2 Å². The highest BCUT2D eigenvalue weighted by Crippen LogP contribution is 2.24. The maximum atomic E-state index is 11.0. The molecule has 0 fully saturated rings. The molecular weight excluding hydrogens is 206 g/mol. The Balaban J connectivity index is 2.30. The van der Waals surface area contributed by atoms with E-state index in [4.69, 9.17) is 9.63 Å². The lowest BCUT2D eigenvalue weighted by Crippen LogP contribution is -2.26. The van der Waals surface area contributed by atoms with Crippen LogP contribution in [0, 0.1) is 5.41 Å². The minimum Gasteiger partial charge on any atom is -0.481 e. The predicted octanol–water partition coefficient (Wildman–Crippen LogP) is 2.48. The van der Waals surface area contributed by atoms with Gasteiger partial charge in [-0.3, -0.25) is 4.79 Å². The van der Waals surface area contributed by atoms with E-state index in [1.165, 1.54) is 0 Å². The molecule has 0 unspecified atom stereocenters. The van der Waals surface area contributed by atoms with Crippen molar-refractivity contribution in [3.8, 4) is 0 Å². The number of carbonyl (C=O) groups is 1. The summed E-state index contributed by atoms with van der Waals surface area (Å²) >= 11 is 0. The van der Waals surface area contributed by atoms with Crippen molar-refractivity contribution in [3.63, 3.8) is 0 Å². The summed E-state index contributed by atoms with van der Waals surface area (Å²) in [5, 5.41) is 13.7. The summed E-state index contributed by atoms with van der Waals surface area (Å²) in [4.78, 5) is 11.0. The van der Waals surface area contributed by atoms with E-state index in [-0.39, 0.29) is 0 Å². The van der Waals surface area contributed by atoms with E-state index in [0.717, 1.165) is 10.9 Å². The molecule has 2 rings (SSSR count). The van der Waals surface area contributed by atoms with Gasteiger partial charge in [-0.25, -0.2) is 0 Å². The number of carboxylic acids is 1. The maximum absolute atomic E-state index is 11.0. The number of fused-ring (bicyclic) bond motifs is 1. The van der Waals surface area contributed by atoms with Gasteiger partial charge in [-0.05, 0) is 38.0 Å². The lowest BCUT2D eigenvalue weighted by Gasteiger charge is -2.18. The monoisotopic (exact) mass is 219 g/mol. The van der Waals surface area contributed by atoms with E-state index < -0.39 is 11.4 Å². The molecule has 0 bridgehead atoms. The molecule has 0 aliphatic heterocycles. The summed E-state index contributed by atoms with van der Waals surface area (Å²) in [6.07, 6.45) is 2.11. The molecule has 0 amide bonds. The Morgan fingerprint density at radius 3 is 2.94 bits per heavy atom. The van der Waals surface area contributed by atoms with Crippen LogP contribution in [0.25, 0.3) is 11.0 Å². The van der Waals surface area contributed by atoms with E-state index in [2.05, 4.69) is 5.16 Å². The molecule has 2 aromatic rings. The highest BCUT2D eigenvalue weighted by molar-refractivity contribution is 5.77. The molecule has 1 heterocycles. The number of benzene rings is 1. The van der Waals surface area contributed by atoms with Crippen LogP contribution in [0.5, 0.6) is 0 Å². The molecule has 1 N–H and O–H groups in total. The fraction of sp³-hybridized carbons (Fsp3) is 0.333. The molecule has 0 spiro atoms. The summed E-state index contributed by atoms with van der Waals surface area (Å²) < 4.78 is 5.04. The normalized spacial score (nSPS) is 11.9. The molecular formula is C12H13NO3. The Morgan fingerprint density at radius 2 is 2.25 bits per heavy atom. The summed E-state index contributed by atoms with van der Waals surface area (Å²) in [6.45, 7) is 3.42. The molecule has 16 heavy (non-hydrogen) atoms. The Labute approximate surface area is 92.9 Å². The highest BCUT2D eigenvalue weighted by atomic mass is 16.5. The first-order valence-electron chi connectivity index (χ1n) is 5.06. The van der Waals surface area contributed by atoms with Gasteiger partial charge in [0.05, 0.1) is 11.6 Å². The minimum atomic E-state index is -0.801. The van der Waals surface area contributed by atoms with Crippen LogP contribution in [0.1, 0.15) is 19.4 Å². The first-order chi connectivity index (χ1) is 7.49. The Morgan fingerprint density at radius 1 is 1.50 bits per heavy atom. The second kappa shape index (κ2) is 3.63. The zero-order valence-electron chi connectivity index (χ0n) is 9.23. The number of rotatable bonds is 3. The lowest BCUT2D eigenvalue weighted by molar-refractivity contribution is -0.146. The van der Waals surface area contributed by atoms with Crippen molar-refractivity contribution in [2.75, 3.05) is 0 Å². The van der Waals surface area contributed by atoms with E-state index in [0.29, 0.717) is 12.0 Å². The lowest BCUT2D eigenvalue weighted by atomic mass is 9.86. The van der Waals surface area contributed by atoms with Crippen LogP contribution >= 0.6 is 0 Å². The van der Waals surface area contributed by atoms with Crippen LogP contribution in [0.2, 0.25) is 0 Å². The van der Waals surface area contributed by atoms with Gasteiger partial charge < -0.3 is 9.63 Å². The second-order valence-corrected chi connectivity index (χ2v) is 4.56. The summed E-state index contributed by atoms with van der Waals surface area (Å²) in [7, 11) is 0. The molecule has 1 aromatic carbocycles. The fourth-order valence-corrected chi connectivity index (χ4v) is 1.60. The number of aromatic nitrogens is 1. The molecule has 1 aromatic heterocycles. The third kappa shape index (κ3) is 1.91. The standard InChI is InChI=1S/C12H13NO3/c1-12(2,11(14)15)6-8-3-4-9-7-13-16-10(9)5-8/h3-5,7H,6H2,1-2H3,(H,14,15). The average molecular weight is 219 g/mol. The molecule has 0 atom stereocenters. The second-order valence-electron chi connectivity index (χ2n) is 4.56. The maximum Gasteiger partial charge on any atom is 0.309 e. The minimum absolute atomic E-state index is 0.471. The largest absolute Gasteiger partial charge is 0.481 e. The van der Waals surface area contributed by atoms with Gasteiger partial charge in [-0.1, -0.05) is 11.2 Å². The molecule has 4 nitrogen and oxygen atoms in total. The van der Waals surface area contributed by atoms with E-state index in [9.17, 15) is 4.79 Å². The molecule has 84 valence electrons. The number of hydrogen-bond acceptors (Lipinski definition) is 3. The summed E-state index contributed by atoms with van der Waals surface area (Å²) in [5.74, 6) is -0.801. The molecule has 0 aliphatic carbocycles. The van der Waals surface area contributed by atoms with Crippen LogP contribution in [0.15, 0.2) is 28.9 Å². The average Bonchev–Trinajstić information content (AvgIpc) is 2.63. The molecule has 0 aliphatic rings. The number of aliphatic carboxylic acids is 1. The Hall–Kier alpha value is -1.84. The van der Waals surface area contributed by atoms with E-state index >= 15 is 0 Å². The van der Waals surface area contributed by atoms with Crippen LogP contribution in [0.3, 0.4) is 0 Å². The topological polar surface area (TPSA) is 63.3 Å². The van der Waals surface area contributed by atoms with Gasteiger partial charge in [0.25, 0.3) is 0 Å². The fourth-order valence-electron chi connectivity index (χ4n) is 1.60. The number of nitrogens with zero attached hydrogens (tertiary/aromatic N) is 1. The van der Waals surface area contributed by atoms with Crippen LogP contribution < -0.4 is 0 Å². The number of hydrogen-bond donors (Lipinski definition) is 1. The van der Waals surface area contributed by atoms with Gasteiger partial charge in [0.2, 0.25) is 0 Å². The Bertz CT molecular complexity index is 528. The predicted molar refractivity (Wildman–Crippen MR) is 59.1 cm³/mol. The Kier molecular flexibility index (Phi) is 2.42. The van der Waals surface area contributed by atoms with Crippen molar-refractivity contribution in [3.05, 3.63) is 30.0 Å². The molecule has 0 saturated heterocycles. The van der Waals surface area contributed by atoms with Gasteiger partial charge in [-0.2, -0.15) is 0 Å². The van der Waals surface area contributed by atoms with Crippen molar-refractivity contribution in [1.82, 2.24) is 5.16 Å². The molecule has 0 radical (unpaired) electrons. The third-order valence-corrected chi connectivity index (χ3v) is 2.65. The smallest absolute Gasteiger partial charge is 0.309 e. The van der Waals surface area contributed by atoms with Crippen molar-refractivity contribution < 1.29 is 14.4 Å². The number of carboxylic acid groups (broad SMARTS) is 1. The quantitative estimate of drug-likeness (QED) is 0.861. The van der Waals surface area contributed by atoms with Gasteiger partial charge in [0.1, 0.15) is 0 Å². The molecule has 0 saturated carbocycles. The van der Waals surface area contributed by atoms with Crippen LogP contribution in [0.4, 0.5) is 0 Å². The van der Waals surface area contributed by atoms with Crippen molar-refractivity contribution in [1.29, 1.82) is 0 Å². The zero-order chi connectivity index (χ0) is 11.8. The third-order valence-electron chi connectivity index (χ3n) is 2.65. The highest BCUT2D eigenvalue weighted by Gasteiger charge is 2.27. The van der Waals surface area contributed by atoms with Crippen LogP contribution in [-0.2, 0) is 11.2 Å².